The third kappa shape index (κ3) is 9.84. The van der Waals surface area contributed by atoms with Crippen LogP contribution in [0.15, 0.2) is 0 Å². The largest absolute Gasteiger partial charge is 0.382 e. The van der Waals surface area contributed by atoms with Gasteiger partial charge in [0, 0.05) is 27.7 Å². The Morgan fingerprint density at radius 3 is 2.45 bits per heavy atom. The normalized spacial score (nSPS) is 10.9. The van der Waals surface area contributed by atoms with E-state index in [-0.39, 0.29) is 0 Å². The molecule has 0 aliphatic heterocycles. The van der Waals surface area contributed by atoms with Crippen molar-refractivity contribution in [1.29, 1.82) is 0 Å². The molecular weight excluding hydrogens is 144 g/mol. The second kappa shape index (κ2) is 7.94. The highest BCUT2D eigenvalue weighted by Gasteiger charge is 1.88. The lowest BCUT2D eigenvalue weighted by molar-refractivity contribution is 0.0658. The molecule has 0 saturated carbocycles. The van der Waals surface area contributed by atoms with Gasteiger partial charge in [0.25, 0.3) is 0 Å². The van der Waals surface area contributed by atoms with Gasteiger partial charge in [0.1, 0.15) is 0 Å². The second-order valence-corrected chi connectivity index (χ2v) is 2.41. The molecule has 0 aliphatic carbocycles. The smallest absolute Gasteiger partial charge is 0.0700 e. The summed E-state index contributed by atoms with van der Waals surface area (Å²) in [6.45, 7) is 2.91. The number of hydrazine groups is 1. The fourth-order valence-corrected chi connectivity index (χ4v) is 0.586. The molecular formula is C7H18N2O2. The van der Waals surface area contributed by atoms with Crippen LogP contribution < -0.4 is 5.43 Å². The highest BCUT2D eigenvalue weighted by atomic mass is 16.5. The zero-order chi connectivity index (χ0) is 8.53. The third-order valence-corrected chi connectivity index (χ3v) is 1.11. The van der Waals surface area contributed by atoms with Gasteiger partial charge in [-0.15, -0.1) is 0 Å². The van der Waals surface area contributed by atoms with Crippen molar-refractivity contribution >= 4 is 0 Å². The quantitative estimate of drug-likeness (QED) is 0.412. The molecule has 0 fully saturated rings. The molecule has 0 radical (unpaired) electrons. The molecule has 0 rings (SSSR count). The molecule has 0 heterocycles. The van der Waals surface area contributed by atoms with Crippen LogP contribution in [0.25, 0.3) is 0 Å². The summed E-state index contributed by atoms with van der Waals surface area (Å²) in [5, 5.41) is 1.90. The lowest BCUT2D eigenvalue weighted by atomic mass is 10.7. The number of rotatable bonds is 7. The first-order chi connectivity index (χ1) is 5.27. The Morgan fingerprint density at radius 2 is 1.91 bits per heavy atom. The number of nitrogens with zero attached hydrogens (tertiary/aromatic N) is 1. The number of nitrogens with one attached hydrogen (secondary N) is 1. The minimum atomic E-state index is 0.669. The molecule has 0 spiro atoms. The molecule has 1 N–H and O–H groups in total. The number of hydrogen-bond acceptors (Lipinski definition) is 4. The van der Waals surface area contributed by atoms with E-state index < -0.39 is 0 Å². The molecule has 0 aliphatic rings. The van der Waals surface area contributed by atoms with E-state index >= 15 is 0 Å². The number of hydrogen-bond donors (Lipinski definition) is 1. The van der Waals surface area contributed by atoms with Crippen molar-refractivity contribution in [3.05, 3.63) is 0 Å². The fourth-order valence-electron chi connectivity index (χ4n) is 0.586. The standard InChI is InChI=1S/C7H18N2O2/c1-9(2)8-4-5-11-7-6-10-3/h8H,4-7H2,1-3H3. The average Bonchev–Trinajstić information content (AvgIpc) is 1.96. The topological polar surface area (TPSA) is 33.7 Å². The van der Waals surface area contributed by atoms with E-state index in [1.54, 1.807) is 7.11 Å². The van der Waals surface area contributed by atoms with Crippen LogP contribution in [-0.2, 0) is 9.47 Å². The number of ether oxygens (including phenoxy) is 2. The van der Waals surface area contributed by atoms with Crippen molar-refractivity contribution < 1.29 is 9.47 Å². The summed E-state index contributed by atoms with van der Waals surface area (Å²) in [6, 6.07) is 0. The van der Waals surface area contributed by atoms with E-state index in [1.807, 2.05) is 19.1 Å². The van der Waals surface area contributed by atoms with Crippen LogP contribution in [0.3, 0.4) is 0 Å². The molecule has 0 unspecified atom stereocenters. The second-order valence-electron chi connectivity index (χ2n) is 2.41. The minimum absolute atomic E-state index is 0.669. The van der Waals surface area contributed by atoms with E-state index in [0.29, 0.717) is 13.2 Å². The molecule has 0 bridgehead atoms. The van der Waals surface area contributed by atoms with Crippen molar-refractivity contribution in [2.45, 2.75) is 0 Å². The van der Waals surface area contributed by atoms with Crippen LogP contribution in [0.2, 0.25) is 0 Å². The van der Waals surface area contributed by atoms with Gasteiger partial charge in [-0.1, -0.05) is 0 Å². The monoisotopic (exact) mass is 162 g/mol. The lowest BCUT2D eigenvalue weighted by Gasteiger charge is -2.11. The van der Waals surface area contributed by atoms with Gasteiger partial charge < -0.3 is 9.47 Å². The zero-order valence-electron chi connectivity index (χ0n) is 7.59. The van der Waals surface area contributed by atoms with Crippen LogP contribution >= 0.6 is 0 Å². The van der Waals surface area contributed by atoms with Crippen LogP contribution in [0, 0.1) is 0 Å². The molecule has 0 amide bonds. The molecule has 0 atom stereocenters. The highest BCUT2D eigenvalue weighted by Crippen LogP contribution is 1.74. The van der Waals surface area contributed by atoms with Crippen molar-refractivity contribution in [3.63, 3.8) is 0 Å². The van der Waals surface area contributed by atoms with E-state index in [1.165, 1.54) is 0 Å². The summed E-state index contributed by atoms with van der Waals surface area (Å²) in [4.78, 5) is 0. The summed E-state index contributed by atoms with van der Waals surface area (Å²) in [7, 11) is 5.58. The molecule has 68 valence electrons. The molecule has 11 heavy (non-hydrogen) atoms. The predicted octanol–water partition coefficient (Wildman–Crippen LogP) is -0.284. The molecule has 4 heteroatoms. The van der Waals surface area contributed by atoms with Gasteiger partial charge >= 0.3 is 0 Å². The van der Waals surface area contributed by atoms with Crippen molar-refractivity contribution in [2.75, 3.05) is 47.6 Å². The minimum Gasteiger partial charge on any atom is -0.382 e. The fraction of sp³-hybridized carbons (Fsp3) is 1.00. The van der Waals surface area contributed by atoms with Crippen molar-refractivity contribution in [3.8, 4) is 0 Å². The van der Waals surface area contributed by atoms with E-state index in [0.717, 1.165) is 13.2 Å². The first-order valence-electron chi connectivity index (χ1n) is 3.75. The Morgan fingerprint density at radius 1 is 1.18 bits per heavy atom. The maximum atomic E-state index is 5.21. The first-order valence-corrected chi connectivity index (χ1v) is 3.75. The average molecular weight is 162 g/mol. The maximum Gasteiger partial charge on any atom is 0.0700 e. The molecule has 0 aromatic rings. The summed E-state index contributed by atoms with van der Waals surface area (Å²) in [5.41, 5.74) is 3.09. The van der Waals surface area contributed by atoms with Gasteiger partial charge in [0.2, 0.25) is 0 Å². The van der Waals surface area contributed by atoms with Gasteiger partial charge in [-0.05, 0) is 0 Å². The van der Waals surface area contributed by atoms with Gasteiger partial charge in [0.15, 0.2) is 0 Å². The van der Waals surface area contributed by atoms with Crippen molar-refractivity contribution in [2.24, 2.45) is 0 Å². The van der Waals surface area contributed by atoms with E-state index in [9.17, 15) is 0 Å². The molecule has 0 aromatic heterocycles. The summed E-state index contributed by atoms with van der Waals surface area (Å²) in [5.74, 6) is 0. The highest BCUT2D eigenvalue weighted by molar-refractivity contribution is 4.37. The first kappa shape index (κ1) is 10.8. The Labute approximate surface area is 68.4 Å². The maximum absolute atomic E-state index is 5.21. The van der Waals surface area contributed by atoms with E-state index in [4.69, 9.17) is 9.47 Å². The Balaban J connectivity index is 2.80. The van der Waals surface area contributed by atoms with Crippen LogP contribution in [0.5, 0.6) is 0 Å². The molecule has 4 nitrogen and oxygen atoms in total. The lowest BCUT2D eigenvalue weighted by Crippen LogP contribution is -2.33. The van der Waals surface area contributed by atoms with Crippen molar-refractivity contribution in [1.82, 2.24) is 10.4 Å². The summed E-state index contributed by atoms with van der Waals surface area (Å²) >= 11 is 0. The third-order valence-electron chi connectivity index (χ3n) is 1.11. The molecule has 0 saturated heterocycles. The Bertz CT molecular complexity index is 78.8. The van der Waals surface area contributed by atoms with Crippen LogP contribution in [-0.4, -0.2) is 52.6 Å². The van der Waals surface area contributed by atoms with Gasteiger partial charge in [-0.2, -0.15) is 0 Å². The zero-order valence-corrected chi connectivity index (χ0v) is 7.59. The predicted molar refractivity (Wildman–Crippen MR) is 44.4 cm³/mol. The molecule has 0 aromatic carbocycles. The summed E-state index contributed by atoms with van der Waals surface area (Å²) < 4.78 is 10.0. The van der Waals surface area contributed by atoms with Crippen LogP contribution in [0.4, 0.5) is 0 Å². The van der Waals surface area contributed by atoms with Gasteiger partial charge in [-0.3, -0.25) is 10.4 Å². The van der Waals surface area contributed by atoms with Crippen LogP contribution in [0.1, 0.15) is 0 Å². The van der Waals surface area contributed by atoms with E-state index in [2.05, 4.69) is 5.43 Å². The van der Waals surface area contributed by atoms with Gasteiger partial charge in [-0.25, -0.2) is 0 Å². The SMILES string of the molecule is COCCOCCNN(C)C. The Kier molecular flexibility index (Phi) is 7.83. The summed E-state index contributed by atoms with van der Waals surface area (Å²) in [6.07, 6.45) is 0. The number of methoxy groups -OCH3 is 1. The Hall–Kier alpha value is -0.160. The van der Waals surface area contributed by atoms with Gasteiger partial charge in [0.05, 0.1) is 19.8 Å².